The van der Waals surface area contributed by atoms with Crippen LogP contribution >= 0.6 is 12.6 Å². The van der Waals surface area contributed by atoms with Gasteiger partial charge in [-0.3, -0.25) is 0 Å². The quantitative estimate of drug-likeness (QED) is 0.0436. The number of unbranched alkanes of at least 4 members (excludes halogenated alkanes) is 17. The molecule has 0 amide bonds. The summed E-state index contributed by atoms with van der Waals surface area (Å²) in [5.74, 6) is -55.8. The van der Waals surface area contributed by atoms with Crippen LogP contribution in [0.25, 0.3) is 0 Å². The van der Waals surface area contributed by atoms with E-state index in [0.29, 0.717) is 19.3 Å². The average molecular weight is 789 g/mol. The molecule has 0 saturated carbocycles. The molecule has 0 aliphatic rings. The van der Waals surface area contributed by atoms with Crippen LogP contribution in [0.1, 0.15) is 148 Å². The Morgan fingerprint density at radius 2 is 0.600 bits per heavy atom. The molecule has 0 spiro atoms. The van der Waals surface area contributed by atoms with Crippen molar-refractivity contribution >= 4 is 12.6 Å². The molecule has 0 radical (unpaired) electrons. The van der Waals surface area contributed by atoms with Crippen molar-refractivity contribution in [1.29, 1.82) is 0 Å². The van der Waals surface area contributed by atoms with Gasteiger partial charge in [-0.25, -0.2) is 0 Å². The Kier molecular flexibility index (Phi) is 20.2. The molecule has 50 heavy (non-hydrogen) atoms. The maximum absolute atomic E-state index is 14.0. The van der Waals surface area contributed by atoms with E-state index in [1.54, 1.807) is 0 Å². The molecule has 0 fully saturated rings. The van der Waals surface area contributed by atoms with Crippen LogP contribution in [0.2, 0.25) is 0 Å². The Balaban J connectivity index is 4.55. The molecule has 0 bridgehead atoms. The molecule has 0 saturated heterocycles. The maximum atomic E-state index is 14.0. The number of alkyl halides is 17. The zero-order chi connectivity index (χ0) is 39.1. The second-order valence-corrected chi connectivity index (χ2v) is 13.7. The first-order valence-corrected chi connectivity index (χ1v) is 17.6. The van der Waals surface area contributed by atoms with Gasteiger partial charge in [0, 0.05) is 11.7 Å². The molecule has 0 nitrogen and oxygen atoms in total. The highest BCUT2D eigenvalue weighted by atomic mass is 32.1. The smallest absolute Gasteiger partial charge is 0.200 e. The van der Waals surface area contributed by atoms with Crippen molar-refractivity contribution in [2.45, 2.75) is 201 Å². The molecule has 18 heteroatoms. The van der Waals surface area contributed by atoms with Gasteiger partial charge >= 0.3 is 47.6 Å². The Labute approximate surface area is 288 Å². The molecule has 302 valence electrons. The van der Waals surface area contributed by atoms with Crippen LogP contribution < -0.4 is 0 Å². The Morgan fingerprint density at radius 3 is 0.920 bits per heavy atom. The second kappa shape index (κ2) is 20.6. The monoisotopic (exact) mass is 788 g/mol. The van der Waals surface area contributed by atoms with Crippen molar-refractivity contribution < 1.29 is 74.6 Å². The lowest BCUT2D eigenvalue weighted by atomic mass is 9.87. The molecular formula is C32H49F17S. The Morgan fingerprint density at radius 1 is 0.340 bits per heavy atom. The van der Waals surface area contributed by atoms with Crippen LogP contribution in [0, 0.1) is 0 Å². The SMILES string of the molecule is CCCCCCCCCCCCCCC(S)CCCCCCCCCC(F)(F)C(F)(F)C(F)(F)C(F)(F)C(F)(F)C(F)(F)C(F)(F)C(F)(F)F. The molecular weight excluding hydrogens is 739 g/mol. The van der Waals surface area contributed by atoms with Gasteiger partial charge in [0.25, 0.3) is 0 Å². The van der Waals surface area contributed by atoms with E-state index in [9.17, 15) is 74.6 Å². The van der Waals surface area contributed by atoms with Crippen molar-refractivity contribution in [2.24, 2.45) is 0 Å². The molecule has 0 heterocycles. The van der Waals surface area contributed by atoms with Crippen molar-refractivity contribution in [1.82, 2.24) is 0 Å². The van der Waals surface area contributed by atoms with Gasteiger partial charge in [0.2, 0.25) is 0 Å². The third kappa shape index (κ3) is 12.6. The molecule has 0 aliphatic heterocycles. The van der Waals surface area contributed by atoms with Gasteiger partial charge in [0.15, 0.2) is 0 Å². The van der Waals surface area contributed by atoms with Crippen molar-refractivity contribution in [3.8, 4) is 0 Å². The highest BCUT2D eigenvalue weighted by molar-refractivity contribution is 7.80. The molecule has 0 aromatic carbocycles. The molecule has 0 aliphatic carbocycles. The predicted molar refractivity (Wildman–Crippen MR) is 161 cm³/mol. The molecule has 0 aromatic heterocycles. The standard InChI is InChI=1S/C32H49F17S/c1-2-3-4-5-6-7-8-9-10-12-15-18-21-24(50)22-19-16-13-11-14-17-20-23-25(33,34)26(35,36)27(37,38)28(39,40)29(41,42)30(43,44)31(45,46)32(47,48)49/h24,50H,2-23H2,1H3. The van der Waals surface area contributed by atoms with Gasteiger partial charge in [-0.15, -0.1) is 0 Å². The molecule has 1 unspecified atom stereocenters. The van der Waals surface area contributed by atoms with Gasteiger partial charge in [0.05, 0.1) is 0 Å². The summed E-state index contributed by atoms with van der Waals surface area (Å²) < 4.78 is 227. The summed E-state index contributed by atoms with van der Waals surface area (Å²) in [7, 11) is 0. The van der Waals surface area contributed by atoms with Gasteiger partial charge in [-0.1, -0.05) is 122 Å². The lowest BCUT2D eigenvalue weighted by Crippen LogP contribution is -2.74. The van der Waals surface area contributed by atoms with Crippen LogP contribution in [0.5, 0.6) is 0 Å². The van der Waals surface area contributed by atoms with E-state index in [0.717, 1.165) is 38.5 Å². The minimum atomic E-state index is -8.58. The molecule has 0 aromatic rings. The lowest BCUT2D eigenvalue weighted by Gasteiger charge is -2.42. The number of hydrogen-bond donors (Lipinski definition) is 1. The topological polar surface area (TPSA) is 0 Å². The molecule has 0 N–H and O–H groups in total. The first kappa shape index (κ1) is 49.2. The van der Waals surface area contributed by atoms with E-state index in [4.69, 9.17) is 0 Å². The van der Waals surface area contributed by atoms with Crippen molar-refractivity contribution in [3.05, 3.63) is 0 Å². The van der Waals surface area contributed by atoms with E-state index >= 15 is 0 Å². The lowest BCUT2D eigenvalue weighted by molar-refractivity contribution is -0.461. The van der Waals surface area contributed by atoms with E-state index < -0.39 is 60.5 Å². The van der Waals surface area contributed by atoms with Gasteiger partial charge < -0.3 is 0 Å². The summed E-state index contributed by atoms with van der Waals surface area (Å²) in [6.45, 7) is 2.19. The Hall–Kier alpha value is -0.840. The third-order valence-electron chi connectivity index (χ3n) is 8.71. The highest BCUT2D eigenvalue weighted by Gasteiger charge is 2.95. The summed E-state index contributed by atoms with van der Waals surface area (Å²) in [6, 6.07) is 0. The summed E-state index contributed by atoms with van der Waals surface area (Å²) in [4.78, 5) is 0. The normalized spacial score (nSPS) is 15.2. The summed E-state index contributed by atoms with van der Waals surface area (Å²) in [6.07, 6.45) is 7.41. The largest absolute Gasteiger partial charge is 0.460 e. The zero-order valence-electron chi connectivity index (χ0n) is 28.0. The highest BCUT2D eigenvalue weighted by Crippen LogP contribution is 2.64. The third-order valence-corrected chi connectivity index (χ3v) is 9.22. The predicted octanol–water partition coefficient (Wildman–Crippen LogP) is 14.9. The van der Waals surface area contributed by atoms with Crippen LogP contribution in [0.15, 0.2) is 0 Å². The summed E-state index contributed by atoms with van der Waals surface area (Å²) in [5, 5.41) is 0.180. The number of hydrogen-bond acceptors (Lipinski definition) is 1. The van der Waals surface area contributed by atoms with E-state index in [1.165, 1.54) is 57.8 Å². The second-order valence-electron chi connectivity index (χ2n) is 13.0. The number of thiol groups is 1. The van der Waals surface area contributed by atoms with E-state index in [-0.39, 0.29) is 18.1 Å². The van der Waals surface area contributed by atoms with Gasteiger partial charge in [0.1, 0.15) is 0 Å². The molecule has 1 atom stereocenters. The summed E-state index contributed by atoms with van der Waals surface area (Å²) in [5.41, 5.74) is 0. The van der Waals surface area contributed by atoms with Crippen molar-refractivity contribution in [3.63, 3.8) is 0 Å². The average Bonchev–Trinajstić information content (AvgIpc) is 2.99. The minimum absolute atomic E-state index is 0.0776. The Bertz CT molecular complexity index is 919. The van der Waals surface area contributed by atoms with E-state index in [2.05, 4.69) is 19.6 Å². The first-order valence-electron chi connectivity index (χ1n) is 17.1. The maximum Gasteiger partial charge on any atom is 0.460 e. The fourth-order valence-electron chi connectivity index (χ4n) is 5.33. The zero-order valence-corrected chi connectivity index (χ0v) is 28.9. The number of halogens is 17. The van der Waals surface area contributed by atoms with Crippen LogP contribution in [0.4, 0.5) is 74.6 Å². The van der Waals surface area contributed by atoms with Crippen LogP contribution in [-0.4, -0.2) is 52.9 Å². The van der Waals surface area contributed by atoms with E-state index in [1.807, 2.05) is 0 Å². The first-order chi connectivity index (χ1) is 22.7. The van der Waals surface area contributed by atoms with Crippen LogP contribution in [-0.2, 0) is 0 Å². The molecule has 0 rings (SSSR count). The summed E-state index contributed by atoms with van der Waals surface area (Å²) >= 11 is 4.56. The van der Waals surface area contributed by atoms with Gasteiger partial charge in [-0.05, 0) is 19.3 Å². The fraction of sp³-hybridized carbons (Fsp3) is 1.00. The van der Waals surface area contributed by atoms with Gasteiger partial charge in [-0.2, -0.15) is 87.3 Å². The number of rotatable bonds is 29. The minimum Gasteiger partial charge on any atom is -0.200 e. The van der Waals surface area contributed by atoms with Crippen molar-refractivity contribution in [2.75, 3.05) is 0 Å². The van der Waals surface area contributed by atoms with Crippen LogP contribution in [0.3, 0.4) is 0 Å². The fourth-order valence-corrected chi connectivity index (χ4v) is 5.69.